The van der Waals surface area contributed by atoms with Crippen molar-refractivity contribution in [2.24, 2.45) is 10.2 Å². The van der Waals surface area contributed by atoms with E-state index in [9.17, 15) is 24.6 Å². The van der Waals surface area contributed by atoms with Crippen LogP contribution in [0.15, 0.2) is 46.6 Å². The quantitative estimate of drug-likeness (QED) is 0.353. The topological polar surface area (TPSA) is 114 Å². The molecule has 2 rings (SSSR count). The monoisotopic (exact) mass is 375 g/mol. The number of rotatable bonds is 8. The smallest absolute Gasteiger partial charge is 0.311 e. The fourth-order valence-electron chi connectivity index (χ4n) is 2.49. The second kappa shape index (κ2) is 8.79. The van der Waals surface area contributed by atoms with Crippen molar-refractivity contribution in [1.29, 1.82) is 0 Å². The third kappa shape index (κ3) is 4.81. The molecule has 0 N–H and O–H groups in total. The SMILES string of the molecule is CCCN(CC)c1ccc(N=Nc2cc(F)c([N+](=O)[O-])cc2[N+](=O)[O-])cc1. The van der Waals surface area contributed by atoms with Crippen molar-refractivity contribution in [3.63, 3.8) is 0 Å². The Morgan fingerprint density at radius 2 is 1.63 bits per heavy atom. The predicted octanol–water partition coefficient (Wildman–Crippen LogP) is 5.29. The van der Waals surface area contributed by atoms with E-state index >= 15 is 0 Å². The van der Waals surface area contributed by atoms with Crippen LogP contribution in [-0.4, -0.2) is 22.9 Å². The van der Waals surface area contributed by atoms with Crippen LogP contribution in [-0.2, 0) is 0 Å². The lowest BCUT2D eigenvalue weighted by atomic mass is 10.2. The standard InChI is InChI=1S/C17H18FN5O4/c1-3-9-21(4-2)13-7-5-12(6-8-13)19-20-15-10-14(18)16(22(24)25)11-17(15)23(26)27/h5-8,10-11H,3-4,9H2,1-2H3. The Kier molecular flexibility index (Phi) is 6.47. The number of anilines is 1. The molecule has 142 valence electrons. The molecule has 10 heteroatoms. The zero-order chi connectivity index (χ0) is 20.0. The van der Waals surface area contributed by atoms with Gasteiger partial charge in [-0.1, -0.05) is 6.92 Å². The highest BCUT2D eigenvalue weighted by Crippen LogP contribution is 2.34. The first-order valence-corrected chi connectivity index (χ1v) is 8.26. The van der Waals surface area contributed by atoms with Crippen LogP contribution in [0.25, 0.3) is 0 Å². The maximum absolute atomic E-state index is 13.8. The van der Waals surface area contributed by atoms with Gasteiger partial charge in [-0.3, -0.25) is 20.2 Å². The zero-order valence-electron chi connectivity index (χ0n) is 14.8. The highest BCUT2D eigenvalue weighted by Gasteiger charge is 2.24. The summed E-state index contributed by atoms with van der Waals surface area (Å²) in [5.74, 6) is -1.21. The number of benzene rings is 2. The molecule has 0 aliphatic carbocycles. The Morgan fingerprint density at radius 3 is 2.15 bits per heavy atom. The van der Waals surface area contributed by atoms with Crippen molar-refractivity contribution in [2.75, 3.05) is 18.0 Å². The predicted molar refractivity (Wildman–Crippen MR) is 98.5 cm³/mol. The van der Waals surface area contributed by atoms with Crippen molar-refractivity contribution in [3.8, 4) is 0 Å². The first kappa shape index (κ1) is 19.9. The van der Waals surface area contributed by atoms with Crippen molar-refractivity contribution in [1.82, 2.24) is 0 Å². The Balaban J connectivity index is 2.31. The Labute approximate surface area is 154 Å². The fourth-order valence-corrected chi connectivity index (χ4v) is 2.49. The average Bonchev–Trinajstić information content (AvgIpc) is 2.64. The minimum atomic E-state index is -1.21. The number of hydrogen-bond donors (Lipinski definition) is 0. The Bertz CT molecular complexity index is 870. The molecule has 9 nitrogen and oxygen atoms in total. The maximum atomic E-state index is 13.8. The molecule has 0 saturated heterocycles. The highest BCUT2D eigenvalue weighted by molar-refractivity contribution is 5.62. The number of nitrogens with zero attached hydrogens (tertiary/aromatic N) is 5. The molecule has 0 amide bonds. The van der Waals surface area contributed by atoms with E-state index in [1.54, 1.807) is 12.1 Å². The molecule has 0 bridgehead atoms. The number of nitro groups is 2. The van der Waals surface area contributed by atoms with E-state index in [4.69, 9.17) is 0 Å². The minimum absolute atomic E-state index is 0.395. The molecule has 0 heterocycles. The molecule has 0 saturated carbocycles. The molecule has 2 aromatic rings. The van der Waals surface area contributed by atoms with Gasteiger partial charge in [-0.15, -0.1) is 5.11 Å². The second-order valence-corrected chi connectivity index (χ2v) is 5.60. The Morgan fingerprint density at radius 1 is 1.00 bits per heavy atom. The lowest BCUT2D eigenvalue weighted by molar-refractivity contribution is -0.395. The summed E-state index contributed by atoms with van der Waals surface area (Å²) >= 11 is 0. The zero-order valence-corrected chi connectivity index (χ0v) is 14.8. The number of azo groups is 1. The molecule has 0 radical (unpaired) electrons. The van der Waals surface area contributed by atoms with Gasteiger partial charge in [-0.05, 0) is 37.6 Å². The van der Waals surface area contributed by atoms with E-state index in [0.717, 1.165) is 25.2 Å². The van der Waals surface area contributed by atoms with Gasteiger partial charge >= 0.3 is 11.4 Å². The van der Waals surface area contributed by atoms with Gasteiger partial charge in [-0.2, -0.15) is 9.50 Å². The van der Waals surface area contributed by atoms with Crippen molar-refractivity contribution in [2.45, 2.75) is 20.3 Å². The highest BCUT2D eigenvalue weighted by atomic mass is 19.1. The van der Waals surface area contributed by atoms with Crippen molar-refractivity contribution < 1.29 is 14.2 Å². The fraction of sp³-hybridized carbons (Fsp3) is 0.294. The molecule has 2 aromatic carbocycles. The first-order valence-electron chi connectivity index (χ1n) is 8.26. The third-order valence-corrected chi connectivity index (χ3v) is 3.80. The molecule has 27 heavy (non-hydrogen) atoms. The number of hydrogen-bond acceptors (Lipinski definition) is 7. The van der Waals surface area contributed by atoms with Crippen molar-refractivity contribution >= 4 is 28.4 Å². The maximum Gasteiger partial charge on any atom is 0.311 e. The molecule has 0 fully saturated rings. The molecular weight excluding hydrogens is 357 g/mol. The summed E-state index contributed by atoms with van der Waals surface area (Å²) in [4.78, 5) is 22.1. The molecule has 0 atom stereocenters. The number of nitro benzene ring substituents is 2. The van der Waals surface area contributed by atoms with Crippen LogP contribution in [0.2, 0.25) is 0 Å². The van der Waals surface area contributed by atoms with E-state index in [1.807, 2.05) is 19.1 Å². The van der Waals surface area contributed by atoms with Crippen LogP contribution in [0.5, 0.6) is 0 Å². The summed E-state index contributed by atoms with van der Waals surface area (Å²) in [6, 6.07) is 8.23. The van der Waals surface area contributed by atoms with E-state index in [-0.39, 0.29) is 0 Å². The van der Waals surface area contributed by atoms with Crippen LogP contribution in [0.4, 0.5) is 32.8 Å². The lowest BCUT2D eigenvalue weighted by Crippen LogP contribution is -2.23. The van der Waals surface area contributed by atoms with Gasteiger partial charge in [0.2, 0.25) is 5.82 Å². The summed E-state index contributed by atoms with van der Waals surface area (Å²) in [7, 11) is 0. The van der Waals surface area contributed by atoms with Gasteiger partial charge in [0, 0.05) is 24.8 Å². The third-order valence-electron chi connectivity index (χ3n) is 3.80. The normalized spacial score (nSPS) is 10.9. The second-order valence-electron chi connectivity index (χ2n) is 5.60. The van der Waals surface area contributed by atoms with E-state index < -0.39 is 32.7 Å². The molecular formula is C17H18FN5O4. The number of halogens is 1. The van der Waals surface area contributed by atoms with Gasteiger partial charge in [0.05, 0.1) is 21.6 Å². The summed E-state index contributed by atoms with van der Waals surface area (Å²) in [5, 5.41) is 29.4. The van der Waals surface area contributed by atoms with Crippen LogP contribution in [0, 0.1) is 26.0 Å². The van der Waals surface area contributed by atoms with Crippen LogP contribution in [0.1, 0.15) is 20.3 Å². The molecule has 0 spiro atoms. The molecule has 0 aliphatic heterocycles. The first-order chi connectivity index (χ1) is 12.9. The van der Waals surface area contributed by atoms with Crippen LogP contribution >= 0.6 is 0 Å². The average molecular weight is 375 g/mol. The molecule has 0 aliphatic rings. The van der Waals surface area contributed by atoms with Gasteiger partial charge in [0.1, 0.15) is 0 Å². The van der Waals surface area contributed by atoms with Crippen LogP contribution in [0.3, 0.4) is 0 Å². The largest absolute Gasteiger partial charge is 0.372 e. The summed E-state index contributed by atoms with van der Waals surface area (Å²) in [5.41, 5.74) is -0.650. The van der Waals surface area contributed by atoms with E-state index in [0.29, 0.717) is 17.8 Å². The van der Waals surface area contributed by atoms with Gasteiger partial charge < -0.3 is 4.90 Å². The van der Waals surface area contributed by atoms with Gasteiger partial charge in [0.15, 0.2) is 5.69 Å². The van der Waals surface area contributed by atoms with E-state index in [2.05, 4.69) is 22.1 Å². The lowest BCUT2D eigenvalue weighted by Gasteiger charge is -2.22. The van der Waals surface area contributed by atoms with Crippen LogP contribution < -0.4 is 4.90 Å². The van der Waals surface area contributed by atoms with Gasteiger partial charge in [-0.25, -0.2) is 0 Å². The van der Waals surface area contributed by atoms with Gasteiger partial charge in [0.25, 0.3) is 0 Å². The van der Waals surface area contributed by atoms with Crippen molar-refractivity contribution in [3.05, 3.63) is 62.4 Å². The Hall–Kier alpha value is -3.43. The minimum Gasteiger partial charge on any atom is -0.372 e. The summed E-state index contributed by atoms with van der Waals surface area (Å²) < 4.78 is 13.8. The summed E-state index contributed by atoms with van der Waals surface area (Å²) in [6.45, 7) is 5.89. The molecule has 0 unspecified atom stereocenters. The summed E-state index contributed by atoms with van der Waals surface area (Å²) in [6.07, 6.45) is 1.00. The molecule has 0 aromatic heterocycles. The van der Waals surface area contributed by atoms with E-state index in [1.165, 1.54) is 0 Å².